The normalized spacial score (nSPS) is 12.3. The van der Waals surface area contributed by atoms with Crippen molar-refractivity contribution in [3.63, 3.8) is 0 Å². The molecule has 0 bridgehead atoms. The summed E-state index contributed by atoms with van der Waals surface area (Å²) in [5, 5.41) is 9.26. The number of hydrogen-bond acceptors (Lipinski definition) is 5. The monoisotopic (exact) mass is 430 g/mol. The molecule has 6 nitrogen and oxygen atoms in total. The standard InChI is InChI=1S/C24H18N2O4S/c1-12-4-5-15(23(28)29)10-17(12)20-7-6-16(30-20)11-21-22(27)26-19-9-14(3)13(2)8-18(19)25-24(26)31-21/h4-11H,1-3H3,(H,28,29)/b21-11-. The van der Waals surface area contributed by atoms with Crippen molar-refractivity contribution in [1.29, 1.82) is 0 Å². The van der Waals surface area contributed by atoms with Gasteiger partial charge in [-0.3, -0.25) is 4.79 Å². The van der Waals surface area contributed by atoms with E-state index in [1.807, 2.05) is 32.9 Å². The summed E-state index contributed by atoms with van der Waals surface area (Å²) in [4.78, 5) is 29.6. The van der Waals surface area contributed by atoms with Crippen LogP contribution >= 0.6 is 11.3 Å². The minimum atomic E-state index is -0.991. The van der Waals surface area contributed by atoms with E-state index in [4.69, 9.17) is 4.42 Å². The Bertz CT molecular complexity index is 1620. The molecule has 0 aliphatic heterocycles. The highest BCUT2D eigenvalue weighted by atomic mass is 32.1. The maximum atomic E-state index is 13.0. The third-order valence-electron chi connectivity index (χ3n) is 5.50. The smallest absolute Gasteiger partial charge is 0.335 e. The third-order valence-corrected chi connectivity index (χ3v) is 6.47. The van der Waals surface area contributed by atoms with E-state index in [-0.39, 0.29) is 11.1 Å². The van der Waals surface area contributed by atoms with Crippen LogP contribution in [-0.4, -0.2) is 20.5 Å². The molecule has 0 amide bonds. The average Bonchev–Trinajstić information content (AvgIpc) is 3.39. The van der Waals surface area contributed by atoms with Crippen LogP contribution in [0, 0.1) is 20.8 Å². The number of hydrogen-bond donors (Lipinski definition) is 1. The van der Waals surface area contributed by atoms with Gasteiger partial charge in [0.05, 0.1) is 16.6 Å². The molecule has 0 saturated carbocycles. The third kappa shape index (κ3) is 3.14. The van der Waals surface area contributed by atoms with Gasteiger partial charge in [0.15, 0.2) is 4.96 Å². The van der Waals surface area contributed by atoms with Gasteiger partial charge in [-0.1, -0.05) is 17.4 Å². The molecule has 0 unspecified atom stereocenters. The molecule has 0 atom stereocenters. The Labute approximate surface area is 180 Å². The zero-order chi connectivity index (χ0) is 21.9. The fraction of sp³-hybridized carbons (Fsp3) is 0.125. The maximum Gasteiger partial charge on any atom is 0.335 e. The molecule has 5 rings (SSSR count). The second-order valence-electron chi connectivity index (χ2n) is 7.61. The van der Waals surface area contributed by atoms with Gasteiger partial charge in [-0.05, 0) is 73.9 Å². The topological polar surface area (TPSA) is 84.8 Å². The van der Waals surface area contributed by atoms with E-state index in [1.165, 1.54) is 11.3 Å². The molecule has 154 valence electrons. The summed E-state index contributed by atoms with van der Waals surface area (Å²) >= 11 is 1.32. The van der Waals surface area contributed by atoms with Gasteiger partial charge in [-0.2, -0.15) is 0 Å². The van der Waals surface area contributed by atoms with Crippen molar-refractivity contribution in [2.24, 2.45) is 0 Å². The Hall–Kier alpha value is -3.71. The lowest BCUT2D eigenvalue weighted by molar-refractivity contribution is 0.0697. The van der Waals surface area contributed by atoms with Crippen molar-refractivity contribution in [2.75, 3.05) is 0 Å². The van der Waals surface area contributed by atoms with Gasteiger partial charge >= 0.3 is 5.97 Å². The SMILES string of the molecule is Cc1cc2nc3s/c(=C\c4ccc(-c5cc(C(=O)O)ccc5C)o4)c(=O)n3c2cc1C. The van der Waals surface area contributed by atoms with Crippen LogP contribution < -0.4 is 10.1 Å². The fourth-order valence-corrected chi connectivity index (χ4v) is 4.61. The quantitative estimate of drug-likeness (QED) is 0.460. The number of furan rings is 1. The second-order valence-corrected chi connectivity index (χ2v) is 8.62. The van der Waals surface area contributed by atoms with Gasteiger partial charge < -0.3 is 9.52 Å². The Balaban J connectivity index is 1.61. The molecule has 0 saturated heterocycles. The van der Waals surface area contributed by atoms with Crippen LogP contribution in [0.15, 0.2) is 51.7 Å². The summed E-state index contributed by atoms with van der Waals surface area (Å²) in [5.41, 5.74) is 5.55. The lowest BCUT2D eigenvalue weighted by Gasteiger charge is -2.04. The number of carbonyl (C=O) groups is 1. The number of imidazole rings is 1. The van der Waals surface area contributed by atoms with E-state index in [0.717, 1.165) is 27.7 Å². The van der Waals surface area contributed by atoms with Crippen molar-refractivity contribution in [2.45, 2.75) is 20.8 Å². The molecule has 7 heteroatoms. The summed E-state index contributed by atoms with van der Waals surface area (Å²) in [6.45, 7) is 5.94. The Morgan fingerprint density at radius 1 is 1.06 bits per heavy atom. The molecule has 3 heterocycles. The summed E-state index contributed by atoms with van der Waals surface area (Å²) < 4.78 is 8.10. The number of carboxylic acids is 1. The van der Waals surface area contributed by atoms with E-state index in [9.17, 15) is 14.7 Å². The van der Waals surface area contributed by atoms with Crippen LogP contribution in [-0.2, 0) is 0 Å². The minimum Gasteiger partial charge on any atom is -0.478 e. The zero-order valence-corrected chi connectivity index (χ0v) is 17.9. The first kappa shape index (κ1) is 19.3. The van der Waals surface area contributed by atoms with E-state index in [0.29, 0.717) is 26.6 Å². The van der Waals surface area contributed by atoms with Crippen LogP contribution in [0.1, 0.15) is 32.8 Å². The summed E-state index contributed by atoms with van der Waals surface area (Å²) in [7, 11) is 0. The zero-order valence-electron chi connectivity index (χ0n) is 17.1. The van der Waals surface area contributed by atoms with Gasteiger partial charge in [0.25, 0.3) is 5.56 Å². The van der Waals surface area contributed by atoms with Gasteiger partial charge in [0.1, 0.15) is 16.1 Å². The van der Waals surface area contributed by atoms with Gasteiger partial charge in [0, 0.05) is 11.6 Å². The van der Waals surface area contributed by atoms with Crippen molar-refractivity contribution in [1.82, 2.24) is 9.38 Å². The van der Waals surface area contributed by atoms with Crippen molar-refractivity contribution >= 4 is 39.4 Å². The number of thiazole rings is 1. The predicted octanol–water partition coefficient (Wildman–Crippen LogP) is 4.34. The van der Waals surface area contributed by atoms with Gasteiger partial charge in [-0.15, -0.1) is 0 Å². The Kier molecular flexibility index (Phi) is 4.30. The first-order valence-corrected chi connectivity index (χ1v) is 10.5. The molecule has 0 aliphatic rings. The number of aryl methyl sites for hydroxylation is 3. The van der Waals surface area contributed by atoms with Crippen LogP contribution in [0.25, 0.3) is 33.4 Å². The lowest BCUT2D eigenvalue weighted by atomic mass is 10.0. The molecule has 0 aliphatic carbocycles. The number of aromatic nitrogens is 2. The first-order chi connectivity index (χ1) is 14.8. The summed E-state index contributed by atoms with van der Waals surface area (Å²) in [5.74, 6) is 0.0837. The molecule has 0 spiro atoms. The van der Waals surface area contributed by atoms with Gasteiger partial charge in [-0.25, -0.2) is 14.2 Å². The Morgan fingerprint density at radius 3 is 2.61 bits per heavy atom. The molecule has 3 aromatic heterocycles. The highest BCUT2D eigenvalue weighted by Crippen LogP contribution is 2.27. The van der Waals surface area contributed by atoms with Crippen LogP contribution in [0.3, 0.4) is 0 Å². The molecular weight excluding hydrogens is 412 g/mol. The molecule has 1 N–H and O–H groups in total. The van der Waals surface area contributed by atoms with Crippen LogP contribution in [0.4, 0.5) is 0 Å². The molecule has 5 aromatic rings. The highest BCUT2D eigenvalue weighted by Gasteiger charge is 2.14. The number of benzene rings is 2. The lowest BCUT2D eigenvalue weighted by Crippen LogP contribution is -2.22. The number of nitrogens with zero attached hydrogens (tertiary/aromatic N) is 2. The van der Waals surface area contributed by atoms with E-state index >= 15 is 0 Å². The highest BCUT2D eigenvalue weighted by molar-refractivity contribution is 7.15. The average molecular weight is 430 g/mol. The molecule has 2 aromatic carbocycles. The second kappa shape index (κ2) is 6.92. The number of fused-ring (bicyclic) bond motifs is 3. The fourth-order valence-electron chi connectivity index (χ4n) is 3.64. The summed E-state index contributed by atoms with van der Waals surface area (Å²) in [6.07, 6.45) is 1.70. The van der Waals surface area contributed by atoms with Crippen LogP contribution in [0.2, 0.25) is 0 Å². The molecule has 0 fully saturated rings. The first-order valence-electron chi connectivity index (χ1n) is 9.70. The molecule has 31 heavy (non-hydrogen) atoms. The largest absolute Gasteiger partial charge is 0.478 e. The predicted molar refractivity (Wildman–Crippen MR) is 121 cm³/mol. The van der Waals surface area contributed by atoms with Crippen molar-refractivity contribution in [3.05, 3.63) is 85.4 Å². The minimum absolute atomic E-state index is 0.132. The Morgan fingerprint density at radius 2 is 1.84 bits per heavy atom. The number of carboxylic acid groups (broad SMARTS) is 1. The van der Waals surface area contributed by atoms with Crippen molar-refractivity contribution in [3.8, 4) is 11.3 Å². The van der Waals surface area contributed by atoms with E-state index < -0.39 is 5.97 Å². The van der Waals surface area contributed by atoms with Gasteiger partial charge in [0.2, 0.25) is 0 Å². The van der Waals surface area contributed by atoms with E-state index in [1.54, 1.807) is 40.8 Å². The molecule has 0 radical (unpaired) electrons. The number of aromatic carboxylic acids is 1. The maximum absolute atomic E-state index is 13.0. The van der Waals surface area contributed by atoms with Crippen molar-refractivity contribution < 1.29 is 14.3 Å². The molecular formula is C24H18N2O4S. The van der Waals surface area contributed by atoms with Crippen LogP contribution in [0.5, 0.6) is 0 Å². The van der Waals surface area contributed by atoms with E-state index in [2.05, 4.69) is 4.98 Å². The number of rotatable bonds is 3. The summed E-state index contributed by atoms with van der Waals surface area (Å²) in [6, 6.07) is 12.5.